The number of nitrogens with zero attached hydrogens (tertiary/aromatic N) is 4. The maximum absolute atomic E-state index is 13.1. The van der Waals surface area contributed by atoms with Gasteiger partial charge < -0.3 is 25.0 Å². The standard InChI is InChI=1S/C23H29N5O4/c1-2-3-13-32-23(30)27-10-8-17(9-11-27)16-4-6-18(7-5-16)28-12-14-31-21-19(22(28)29)20(24)25-15-26-21/h4-7,15,17H,2-3,8-14H2,1H3,(H2,24,25,26). The molecule has 3 heterocycles. The number of hydrogen-bond donors (Lipinski definition) is 1. The minimum Gasteiger partial charge on any atom is -0.475 e. The third kappa shape index (κ3) is 4.61. The molecule has 0 atom stereocenters. The molecule has 170 valence electrons. The van der Waals surface area contributed by atoms with Crippen molar-refractivity contribution in [1.29, 1.82) is 0 Å². The van der Waals surface area contributed by atoms with Crippen LogP contribution in [0.1, 0.15) is 54.4 Å². The summed E-state index contributed by atoms with van der Waals surface area (Å²) in [7, 11) is 0. The average molecular weight is 440 g/mol. The Labute approximate surface area is 187 Å². The summed E-state index contributed by atoms with van der Waals surface area (Å²) >= 11 is 0. The fourth-order valence-electron chi connectivity index (χ4n) is 4.13. The highest BCUT2D eigenvalue weighted by Gasteiger charge is 2.29. The van der Waals surface area contributed by atoms with E-state index in [1.54, 1.807) is 9.80 Å². The van der Waals surface area contributed by atoms with Crippen LogP contribution in [0, 0.1) is 0 Å². The zero-order chi connectivity index (χ0) is 22.5. The lowest BCUT2D eigenvalue weighted by Crippen LogP contribution is -2.38. The summed E-state index contributed by atoms with van der Waals surface area (Å²) in [6, 6.07) is 8.01. The molecule has 0 unspecified atom stereocenters. The Morgan fingerprint density at radius 2 is 1.94 bits per heavy atom. The average Bonchev–Trinajstić information content (AvgIpc) is 2.99. The largest absolute Gasteiger partial charge is 0.475 e. The number of piperidine rings is 1. The molecular weight excluding hydrogens is 410 g/mol. The lowest BCUT2D eigenvalue weighted by atomic mass is 9.89. The van der Waals surface area contributed by atoms with E-state index >= 15 is 0 Å². The Kier molecular flexibility index (Phi) is 6.72. The highest BCUT2D eigenvalue weighted by atomic mass is 16.6. The molecule has 2 N–H and O–H groups in total. The van der Waals surface area contributed by atoms with E-state index in [1.165, 1.54) is 11.9 Å². The van der Waals surface area contributed by atoms with E-state index in [-0.39, 0.29) is 29.3 Å². The molecule has 0 aliphatic carbocycles. The Morgan fingerprint density at radius 3 is 2.66 bits per heavy atom. The lowest BCUT2D eigenvalue weighted by molar-refractivity contribution is 0.0915. The van der Waals surface area contributed by atoms with E-state index in [0.29, 0.717) is 38.8 Å². The second-order valence-electron chi connectivity index (χ2n) is 8.07. The summed E-state index contributed by atoms with van der Waals surface area (Å²) in [4.78, 5) is 36.6. The van der Waals surface area contributed by atoms with Gasteiger partial charge >= 0.3 is 6.09 Å². The monoisotopic (exact) mass is 439 g/mol. The van der Waals surface area contributed by atoms with Crippen molar-refractivity contribution in [3.05, 3.63) is 41.7 Å². The van der Waals surface area contributed by atoms with E-state index < -0.39 is 0 Å². The Bertz CT molecular complexity index is 957. The van der Waals surface area contributed by atoms with Crippen LogP contribution in [0.3, 0.4) is 0 Å². The number of benzene rings is 1. The maximum atomic E-state index is 13.1. The Balaban J connectivity index is 1.39. The molecule has 9 heteroatoms. The summed E-state index contributed by atoms with van der Waals surface area (Å²) in [5.41, 5.74) is 8.09. The number of carbonyl (C=O) groups is 2. The third-order valence-corrected chi connectivity index (χ3v) is 6.01. The van der Waals surface area contributed by atoms with Crippen LogP contribution < -0.4 is 15.4 Å². The number of fused-ring (bicyclic) bond motifs is 1. The molecule has 1 saturated heterocycles. The molecule has 0 bridgehead atoms. The van der Waals surface area contributed by atoms with Gasteiger partial charge in [0.2, 0.25) is 5.88 Å². The Morgan fingerprint density at radius 1 is 1.19 bits per heavy atom. The first-order valence-corrected chi connectivity index (χ1v) is 11.1. The van der Waals surface area contributed by atoms with Crippen LogP contribution in [-0.2, 0) is 4.74 Å². The van der Waals surface area contributed by atoms with Crippen LogP contribution >= 0.6 is 0 Å². The van der Waals surface area contributed by atoms with Crippen LogP contribution in [0.2, 0.25) is 0 Å². The van der Waals surface area contributed by atoms with E-state index in [1.807, 2.05) is 12.1 Å². The minimum atomic E-state index is -0.266. The number of ether oxygens (including phenoxy) is 2. The molecule has 2 aliphatic rings. The number of nitrogens with two attached hydrogens (primary N) is 1. The normalized spacial score (nSPS) is 16.8. The first-order chi connectivity index (χ1) is 15.6. The van der Waals surface area contributed by atoms with Gasteiger partial charge in [0.15, 0.2) is 0 Å². The van der Waals surface area contributed by atoms with Crippen molar-refractivity contribution in [2.24, 2.45) is 0 Å². The summed E-state index contributed by atoms with van der Waals surface area (Å²) in [5, 5.41) is 0. The fourth-order valence-corrected chi connectivity index (χ4v) is 4.13. The van der Waals surface area contributed by atoms with Gasteiger partial charge in [0.25, 0.3) is 5.91 Å². The molecule has 9 nitrogen and oxygen atoms in total. The van der Waals surface area contributed by atoms with E-state index in [4.69, 9.17) is 15.2 Å². The molecule has 0 spiro atoms. The van der Waals surface area contributed by atoms with Gasteiger partial charge in [-0.05, 0) is 42.9 Å². The third-order valence-electron chi connectivity index (χ3n) is 6.01. The molecule has 1 aromatic heterocycles. The molecule has 4 rings (SSSR count). The smallest absolute Gasteiger partial charge is 0.409 e. The van der Waals surface area contributed by atoms with Gasteiger partial charge in [-0.1, -0.05) is 25.5 Å². The van der Waals surface area contributed by atoms with Gasteiger partial charge in [-0.25, -0.2) is 14.8 Å². The molecule has 0 radical (unpaired) electrons. The van der Waals surface area contributed by atoms with Crippen molar-refractivity contribution < 1.29 is 19.1 Å². The fraction of sp³-hybridized carbons (Fsp3) is 0.478. The molecule has 2 amide bonds. The number of anilines is 2. The number of carbonyl (C=O) groups excluding carboxylic acids is 2. The van der Waals surface area contributed by atoms with Crippen molar-refractivity contribution >= 4 is 23.5 Å². The van der Waals surface area contributed by atoms with Crippen molar-refractivity contribution in [2.75, 3.05) is 43.5 Å². The number of hydrogen-bond acceptors (Lipinski definition) is 7. The lowest BCUT2D eigenvalue weighted by Gasteiger charge is -2.31. The highest BCUT2D eigenvalue weighted by Crippen LogP contribution is 2.31. The SMILES string of the molecule is CCCCOC(=O)N1CCC(c2ccc(N3CCOc4ncnc(N)c4C3=O)cc2)CC1. The summed E-state index contributed by atoms with van der Waals surface area (Å²) in [6.45, 7) is 4.66. The molecule has 2 aliphatic heterocycles. The molecule has 32 heavy (non-hydrogen) atoms. The van der Waals surface area contributed by atoms with Crippen molar-refractivity contribution in [3.63, 3.8) is 0 Å². The van der Waals surface area contributed by atoms with Crippen molar-refractivity contribution in [1.82, 2.24) is 14.9 Å². The highest BCUT2D eigenvalue weighted by molar-refractivity contribution is 6.10. The van der Waals surface area contributed by atoms with Crippen molar-refractivity contribution in [3.8, 4) is 5.88 Å². The van der Waals surface area contributed by atoms with Gasteiger partial charge in [-0.3, -0.25) is 4.79 Å². The summed E-state index contributed by atoms with van der Waals surface area (Å²) in [6.07, 6.45) is 4.76. The Hall–Kier alpha value is -3.36. The van der Waals surface area contributed by atoms with Gasteiger partial charge in [-0.15, -0.1) is 0 Å². The first kappa shape index (κ1) is 21.9. The molecule has 0 saturated carbocycles. The summed E-state index contributed by atoms with van der Waals surface area (Å²) in [5.74, 6) is 0.444. The minimum absolute atomic E-state index is 0.114. The second kappa shape index (κ2) is 9.84. The van der Waals surface area contributed by atoms with Gasteiger partial charge in [0.1, 0.15) is 24.3 Å². The molecule has 2 aromatic rings. The number of aromatic nitrogens is 2. The second-order valence-corrected chi connectivity index (χ2v) is 8.07. The molecular formula is C23H29N5O4. The molecule has 1 fully saturated rings. The van der Waals surface area contributed by atoms with Crippen molar-refractivity contribution in [2.45, 2.75) is 38.5 Å². The van der Waals surface area contributed by atoms with Gasteiger partial charge in [0, 0.05) is 18.8 Å². The number of likely N-dealkylation sites (tertiary alicyclic amines) is 1. The quantitative estimate of drug-likeness (QED) is 0.712. The van der Waals surface area contributed by atoms with Gasteiger partial charge in [0.05, 0.1) is 13.2 Å². The van der Waals surface area contributed by atoms with Crippen LogP contribution in [0.15, 0.2) is 30.6 Å². The predicted molar refractivity (Wildman–Crippen MR) is 120 cm³/mol. The number of nitrogen functional groups attached to an aromatic ring is 1. The van der Waals surface area contributed by atoms with Crippen LogP contribution in [0.25, 0.3) is 0 Å². The topological polar surface area (TPSA) is 111 Å². The van der Waals surface area contributed by atoms with Crippen LogP contribution in [-0.4, -0.2) is 59.7 Å². The van der Waals surface area contributed by atoms with Crippen LogP contribution in [0.5, 0.6) is 5.88 Å². The predicted octanol–water partition coefficient (Wildman–Crippen LogP) is 3.21. The van der Waals surface area contributed by atoms with Gasteiger partial charge in [-0.2, -0.15) is 0 Å². The number of unbranched alkanes of at least 4 members (excludes halogenated alkanes) is 1. The number of rotatable bonds is 5. The van der Waals surface area contributed by atoms with E-state index in [9.17, 15) is 9.59 Å². The van der Waals surface area contributed by atoms with Crippen LogP contribution in [0.4, 0.5) is 16.3 Å². The zero-order valence-corrected chi connectivity index (χ0v) is 18.3. The first-order valence-electron chi connectivity index (χ1n) is 11.1. The van der Waals surface area contributed by atoms with E-state index in [0.717, 1.165) is 31.4 Å². The molecule has 1 aromatic carbocycles. The maximum Gasteiger partial charge on any atom is 0.409 e. The zero-order valence-electron chi connectivity index (χ0n) is 18.3. The number of amides is 2. The van der Waals surface area contributed by atoms with E-state index in [2.05, 4.69) is 29.0 Å². The summed E-state index contributed by atoms with van der Waals surface area (Å²) < 4.78 is 10.9.